The highest BCUT2D eigenvalue weighted by molar-refractivity contribution is 5.83. The second-order valence-corrected chi connectivity index (χ2v) is 4.48. The number of carbonyl (C=O) groups is 1. The van der Waals surface area contributed by atoms with E-state index in [0.29, 0.717) is 4.48 Å². The molecule has 0 radical (unpaired) electrons. The largest absolute Gasteiger partial charge is 0.545 e. The van der Waals surface area contributed by atoms with Gasteiger partial charge in [-0.1, -0.05) is 0 Å². The van der Waals surface area contributed by atoms with E-state index in [1.54, 1.807) is 13.0 Å². The Labute approximate surface area is 85.1 Å². The standard InChI is InChI=1S/C10H19NO3/c1-7(10(13)14)6-9(8(2)12)11(3,4)5/h6,8-9,12H,1-5H3/b7-6+. The van der Waals surface area contributed by atoms with E-state index in [1.165, 1.54) is 6.92 Å². The van der Waals surface area contributed by atoms with Crippen molar-refractivity contribution in [2.24, 2.45) is 0 Å². The summed E-state index contributed by atoms with van der Waals surface area (Å²) in [6.07, 6.45) is 0.948. The van der Waals surface area contributed by atoms with Crippen molar-refractivity contribution in [2.75, 3.05) is 21.1 Å². The van der Waals surface area contributed by atoms with Gasteiger partial charge in [-0.3, -0.25) is 0 Å². The molecule has 0 aromatic rings. The minimum Gasteiger partial charge on any atom is -0.545 e. The molecule has 0 aliphatic rings. The van der Waals surface area contributed by atoms with Crippen molar-refractivity contribution in [1.29, 1.82) is 0 Å². The zero-order valence-electron chi connectivity index (χ0n) is 9.44. The van der Waals surface area contributed by atoms with Crippen LogP contribution in [0.25, 0.3) is 0 Å². The Bertz CT molecular complexity index is 238. The topological polar surface area (TPSA) is 60.4 Å². The number of aliphatic hydroxyl groups is 1. The average molecular weight is 201 g/mol. The first-order valence-corrected chi connectivity index (χ1v) is 4.55. The van der Waals surface area contributed by atoms with Crippen molar-refractivity contribution < 1.29 is 19.5 Å². The van der Waals surface area contributed by atoms with Gasteiger partial charge >= 0.3 is 0 Å². The lowest BCUT2D eigenvalue weighted by molar-refractivity contribution is -0.892. The van der Waals surface area contributed by atoms with Gasteiger partial charge in [0.25, 0.3) is 0 Å². The molecule has 0 amide bonds. The van der Waals surface area contributed by atoms with E-state index in [9.17, 15) is 15.0 Å². The number of rotatable bonds is 4. The van der Waals surface area contributed by atoms with Crippen molar-refractivity contribution in [2.45, 2.75) is 26.0 Å². The summed E-state index contributed by atoms with van der Waals surface area (Å²) in [4.78, 5) is 10.5. The number of carbonyl (C=O) groups excluding carboxylic acids is 1. The summed E-state index contributed by atoms with van der Waals surface area (Å²) in [7, 11) is 5.70. The second-order valence-electron chi connectivity index (χ2n) is 4.48. The van der Waals surface area contributed by atoms with E-state index in [-0.39, 0.29) is 11.6 Å². The van der Waals surface area contributed by atoms with Crippen molar-refractivity contribution in [3.63, 3.8) is 0 Å². The molecule has 2 atom stereocenters. The zero-order chi connectivity index (χ0) is 11.5. The molecule has 82 valence electrons. The fraction of sp³-hybridized carbons (Fsp3) is 0.700. The molecule has 14 heavy (non-hydrogen) atoms. The van der Waals surface area contributed by atoms with Crippen LogP contribution in [0.4, 0.5) is 0 Å². The van der Waals surface area contributed by atoms with Gasteiger partial charge in [0.2, 0.25) is 0 Å². The molecular formula is C10H19NO3. The number of aliphatic carboxylic acids is 1. The summed E-state index contributed by atoms with van der Waals surface area (Å²) in [5.74, 6) is -1.19. The number of hydrogen-bond acceptors (Lipinski definition) is 3. The van der Waals surface area contributed by atoms with Crippen LogP contribution in [0.15, 0.2) is 11.6 Å². The van der Waals surface area contributed by atoms with Crippen LogP contribution in [0, 0.1) is 0 Å². The highest BCUT2D eigenvalue weighted by Gasteiger charge is 2.26. The summed E-state index contributed by atoms with van der Waals surface area (Å²) < 4.78 is 0.474. The lowest BCUT2D eigenvalue weighted by Crippen LogP contribution is -2.50. The summed E-state index contributed by atoms with van der Waals surface area (Å²) in [6.45, 7) is 3.12. The lowest BCUT2D eigenvalue weighted by Gasteiger charge is -2.34. The fourth-order valence-electron chi connectivity index (χ4n) is 1.33. The molecule has 0 saturated heterocycles. The van der Waals surface area contributed by atoms with Gasteiger partial charge in [0, 0.05) is 0 Å². The molecule has 0 rings (SSSR count). The molecule has 0 aliphatic carbocycles. The Balaban J connectivity index is 4.88. The summed E-state index contributed by atoms with van der Waals surface area (Å²) in [5, 5.41) is 20.0. The zero-order valence-corrected chi connectivity index (χ0v) is 9.44. The van der Waals surface area contributed by atoms with Crippen molar-refractivity contribution in [3.8, 4) is 0 Å². The minimum atomic E-state index is -1.19. The van der Waals surface area contributed by atoms with E-state index >= 15 is 0 Å². The quantitative estimate of drug-likeness (QED) is 0.475. The van der Waals surface area contributed by atoms with Gasteiger partial charge in [-0.25, -0.2) is 0 Å². The number of nitrogens with zero attached hydrogens (tertiary/aromatic N) is 1. The van der Waals surface area contributed by atoms with Crippen molar-refractivity contribution >= 4 is 5.97 Å². The molecule has 0 fully saturated rings. The monoisotopic (exact) mass is 201 g/mol. The van der Waals surface area contributed by atoms with Crippen LogP contribution in [-0.2, 0) is 4.79 Å². The first-order chi connectivity index (χ1) is 6.16. The molecule has 0 bridgehead atoms. The van der Waals surface area contributed by atoms with E-state index in [0.717, 1.165) is 0 Å². The fourth-order valence-corrected chi connectivity index (χ4v) is 1.33. The smallest absolute Gasteiger partial charge is 0.134 e. The van der Waals surface area contributed by atoms with Gasteiger partial charge in [0.1, 0.15) is 12.1 Å². The number of aliphatic hydroxyl groups excluding tert-OH is 1. The van der Waals surface area contributed by atoms with E-state index in [2.05, 4.69) is 0 Å². The van der Waals surface area contributed by atoms with Gasteiger partial charge in [-0.05, 0) is 25.5 Å². The van der Waals surface area contributed by atoms with Crippen LogP contribution >= 0.6 is 0 Å². The first kappa shape index (κ1) is 13.1. The predicted molar refractivity (Wildman–Crippen MR) is 52.3 cm³/mol. The van der Waals surface area contributed by atoms with Gasteiger partial charge in [-0.15, -0.1) is 0 Å². The van der Waals surface area contributed by atoms with Crippen molar-refractivity contribution in [1.82, 2.24) is 0 Å². The van der Waals surface area contributed by atoms with Crippen LogP contribution in [0.5, 0.6) is 0 Å². The molecular weight excluding hydrogens is 182 g/mol. The number of likely N-dealkylation sites (N-methyl/N-ethyl adjacent to an activating group) is 1. The van der Waals surface area contributed by atoms with Crippen LogP contribution in [0.2, 0.25) is 0 Å². The number of hydrogen-bond donors (Lipinski definition) is 1. The van der Waals surface area contributed by atoms with Crippen LogP contribution < -0.4 is 5.11 Å². The predicted octanol–water partition coefficient (Wildman–Crippen LogP) is -0.862. The van der Waals surface area contributed by atoms with Gasteiger partial charge < -0.3 is 19.5 Å². The molecule has 0 spiro atoms. The maximum Gasteiger partial charge on any atom is 0.134 e. The van der Waals surface area contributed by atoms with E-state index in [4.69, 9.17) is 0 Å². The Morgan fingerprint density at radius 1 is 1.43 bits per heavy atom. The highest BCUT2D eigenvalue weighted by atomic mass is 16.4. The molecule has 0 aliphatic heterocycles. The molecule has 4 nitrogen and oxygen atoms in total. The molecule has 4 heteroatoms. The van der Waals surface area contributed by atoms with Crippen LogP contribution in [0.1, 0.15) is 13.8 Å². The van der Waals surface area contributed by atoms with E-state index < -0.39 is 12.1 Å². The molecule has 1 N–H and O–H groups in total. The number of carboxylic acid groups (broad SMARTS) is 1. The van der Waals surface area contributed by atoms with Gasteiger partial charge in [0.05, 0.1) is 27.1 Å². The van der Waals surface area contributed by atoms with Gasteiger partial charge in [0.15, 0.2) is 0 Å². The lowest BCUT2D eigenvalue weighted by atomic mass is 10.1. The Morgan fingerprint density at radius 3 is 2.07 bits per heavy atom. The molecule has 0 saturated carbocycles. The van der Waals surface area contributed by atoms with Gasteiger partial charge in [-0.2, -0.15) is 0 Å². The van der Waals surface area contributed by atoms with Crippen LogP contribution in [0.3, 0.4) is 0 Å². The number of quaternary nitrogens is 1. The molecule has 2 unspecified atom stereocenters. The Morgan fingerprint density at radius 2 is 1.86 bits per heavy atom. The molecule has 0 heterocycles. The Hall–Kier alpha value is -0.870. The third-order valence-corrected chi connectivity index (χ3v) is 2.13. The summed E-state index contributed by atoms with van der Waals surface area (Å²) >= 11 is 0. The second kappa shape index (κ2) is 4.57. The SMILES string of the molecule is C/C(=C\C(C(C)O)[N+](C)(C)C)C(=O)[O-]. The third kappa shape index (κ3) is 3.89. The third-order valence-electron chi connectivity index (χ3n) is 2.13. The highest BCUT2D eigenvalue weighted by Crippen LogP contribution is 2.11. The maximum absolute atomic E-state index is 10.5. The van der Waals surface area contributed by atoms with Crippen LogP contribution in [-0.4, -0.2) is 48.8 Å². The normalized spacial score (nSPS) is 17.7. The Kier molecular flexibility index (Phi) is 4.29. The number of carboxylic acids is 1. The van der Waals surface area contributed by atoms with Crippen molar-refractivity contribution in [3.05, 3.63) is 11.6 Å². The summed E-state index contributed by atoms with van der Waals surface area (Å²) in [5.41, 5.74) is 0.156. The maximum atomic E-state index is 10.5. The molecule has 0 aromatic heterocycles. The summed E-state index contributed by atoms with van der Waals surface area (Å²) in [6, 6.07) is -0.243. The first-order valence-electron chi connectivity index (χ1n) is 4.55. The minimum absolute atomic E-state index is 0.156. The van der Waals surface area contributed by atoms with E-state index in [1.807, 2.05) is 21.1 Å². The molecule has 0 aromatic carbocycles. The average Bonchev–Trinajstić information content (AvgIpc) is 1.96.